The largest absolute Gasteiger partial charge is 0.481 e. The van der Waals surface area contributed by atoms with Crippen LogP contribution in [-0.4, -0.2) is 37.6 Å². The molecule has 2 rings (SSSR count). The number of H-pyrrole nitrogens is 2. The van der Waals surface area contributed by atoms with E-state index in [2.05, 4.69) is 25.3 Å². The topological polar surface area (TPSA) is 124 Å². The van der Waals surface area contributed by atoms with Crippen molar-refractivity contribution in [3.05, 3.63) is 16.7 Å². The van der Waals surface area contributed by atoms with Crippen molar-refractivity contribution >= 4 is 23.1 Å². The zero-order valence-electron chi connectivity index (χ0n) is 8.86. The van der Waals surface area contributed by atoms with E-state index in [9.17, 15) is 9.59 Å². The van der Waals surface area contributed by atoms with E-state index in [0.29, 0.717) is 30.1 Å². The van der Waals surface area contributed by atoms with Gasteiger partial charge in [0.05, 0.1) is 6.33 Å². The van der Waals surface area contributed by atoms with E-state index in [1.165, 1.54) is 6.33 Å². The maximum atomic E-state index is 11.5. The van der Waals surface area contributed by atoms with E-state index < -0.39 is 5.97 Å². The molecule has 0 atom stereocenters. The number of aromatic amines is 2. The van der Waals surface area contributed by atoms with Crippen molar-refractivity contribution in [3.63, 3.8) is 0 Å². The second-order valence-electron chi connectivity index (χ2n) is 3.44. The molecule has 0 aliphatic rings. The van der Waals surface area contributed by atoms with Crippen molar-refractivity contribution in [1.82, 2.24) is 19.9 Å². The standard InChI is InChI=1S/C9H11N5O3/c15-5(16)2-1-3-10-9-13-7-6(8(17)14-9)11-4-12-7/h4H,1-3H2,(H,15,16)(H3,10,11,12,13,14,17). The molecule has 17 heavy (non-hydrogen) atoms. The van der Waals surface area contributed by atoms with Crippen LogP contribution in [-0.2, 0) is 4.79 Å². The molecule has 0 bridgehead atoms. The Balaban J connectivity index is 2.04. The first-order valence-electron chi connectivity index (χ1n) is 5.06. The number of imidazole rings is 1. The Labute approximate surface area is 95.1 Å². The Morgan fingerprint density at radius 2 is 2.35 bits per heavy atom. The van der Waals surface area contributed by atoms with Crippen molar-refractivity contribution in [2.45, 2.75) is 12.8 Å². The van der Waals surface area contributed by atoms with Crippen molar-refractivity contribution < 1.29 is 9.90 Å². The number of anilines is 1. The molecule has 0 aromatic carbocycles. The fourth-order valence-corrected chi connectivity index (χ4v) is 1.37. The monoisotopic (exact) mass is 237 g/mol. The summed E-state index contributed by atoms with van der Waals surface area (Å²) in [5.41, 5.74) is 0.337. The Kier molecular flexibility index (Phi) is 3.03. The van der Waals surface area contributed by atoms with Crippen LogP contribution in [0, 0.1) is 0 Å². The van der Waals surface area contributed by atoms with Gasteiger partial charge in [-0.25, -0.2) is 4.98 Å². The number of nitrogens with one attached hydrogen (secondary N) is 3. The van der Waals surface area contributed by atoms with E-state index >= 15 is 0 Å². The predicted octanol–water partition coefficient (Wildman–Crippen LogP) is -0.0771. The van der Waals surface area contributed by atoms with Gasteiger partial charge in [-0.15, -0.1) is 0 Å². The first-order chi connectivity index (χ1) is 8.16. The lowest BCUT2D eigenvalue weighted by Gasteiger charge is -2.03. The smallest absolute Gasteiger partial charge is 0.303 e. The van der Waals surface area contributed by atoms with Crippen LogP contribution in [0.5, 0.6) is 0 Å². The summed E-state index contributed by atoms with van der Waals surface area (Å²) < 4.78 is 0. The average Bonchev–Trinajstić information content (AvgIpc) is 2.72. The van der Waals surface area contributed by atoms with Crippen molar-refractivity contribution in [3.8, 4) is 0 Å². The van der Waals surface area contributed by atoms with Crippen LogP contribution in [0.25, 0.3) is 11.2 Å². The lowest BCUT2D eigenvalue weighted by Crippen LogP contribution is -2.14. The average molecular weight is 237 g/mol. The minimum atomic E-state index is -0.851. The molecule has 8 nitrogen and oxygen atoms in total. The normalized spacial score (nSPS) is 10.6. The molecule has 8 heteroatoms. The SMILES string of the molecule is O=C(O)CCCNc1nc2nc[nH]c2c(=O)[nH]1. The molecular formula is C9H11N5O3. The Morgan fingerprint density at radius 3 is 3.12 bits per heavy atom. The number of aromatic nitrogens is 4. The molecule has 0 aliphatic carbocycles. The summed E-state index contributed by atoms with van der Waals surface area (Å²) in [6.45, 7) is 0.422. The minimum absolute atomic E-state index is 0.0713. The third kappa shape index (κ3) is 2.60. The molecule has 90 valence electrons. The van der Waals surface area contributed by atoms with Gasteiger partial charge in [0.1, 0.15) is 0 Å². The molecule has 4 N–H and O–H groups in total. The summed E-state index contributed by atoms with van der Waals surface area (Å²) in [6, 6.07) is 0. The molecule has 0 saturated carbocycles. The second kappa shape index (κ2) is 4.64. The molecule has 0 radical (unpaired) electrons. The molecule has 0 saturated heterocycles. The molecule has 0 spiro atoms. The van der Waals surface area contributed by atoms with Gasteiger partial charge in [-0.3, -0.25) is 14.6 Å². The molecular weight excluding hydrogens is 226 g/mol. The number of hydrogen-bond donors (Lipinski definition) is 4. The first kappa shape index (κ1) is 11.1. The number of carboxylic acid groups (broad SMARTS) is 1. The third-order valence-electron chi connectivity index (χ3n) is 2.16. The highest BCUT2D eigenvalue weighted by Crippen LogP contribution is 2.02. The summed E-state index contributed by atoms with van der Waals surface area (Å²) in [7, 11) is 0. The fourth-order valence-electron chi connectivity index (χ4n) is 1.37. The lowest BCUT2D eigenvalue weighted by atomic mass is 10.3. The van der Waals surface area contributed by atoms with E-state index in [4.69, 9.17) is 5.11 Å². The van der Waals surface area contributed by atoms with Crippen LogP contribution in [0.15, 0.2) is 11.1 Å². The Bertz CT molecular complexity index is 588. The van der Waals surface area contributed by atoms with E-state index in [-0.39, 0.29) is 12.0 Å². The van der Waals surface area contributed by atoms with Gasteiger partial charge in [0, 0.05) is 13.0 Å². The maximum Gasteiger partial charge on any atom is 0.303 e. The van der Waals surface area contributed by atoms with Gasteiger partial charge in [0.2, 0.25) is 5.95 Å². The molecule has 2 aromatic heterocycles. The number of nitrogens with zero attached hydrogens (tertiary/aromatic N) is 2. The van der Waals surface area contributed by atoms with Crippen LogP contribution < -0.4 is 10.9 Å². The predicted molar refractivity (Wildman–Crippen MR) is 59.9 cm³/mol. The van der Waals surface area contributed by atoms with Gasteiger partial charge >= 0.3 is 5.97 Å². The highest BCUT2D eigenvalue weighted by atomic mass is 16.4. The number of rotatable bonds is 5. The first-order valence-corrected chi connectivity index (χ1v) is 5.06. The lowest BCUT2D eigenvalue weighted by molar-refractivity contribution is -0.137. The summed E-state index contributed by atoms with van der Waals surface area (Å²) in [4.78, 5) is 34.9. The number of hydrogen-bond acceptors (Lipinski definition) is 5. The van der Waals surface area contributed by atoms with Crippen molar-refractivity contribution in [1.29, 1.82) is 0 Å². The fraction of sp³-hybridized carbons (Fsp3) is 0.333. The molecule has 0 amide bonds. The third-order valence-corrected chi connectivity index (χ3v) is 2.16. The Hall–Kier alpha value is -2.38. The summed E-state index contributed by atoms with van der Waals surface area (Å²) in [5.74, 6) is -0.559. The molecule has 0 unspecified atom stereocenters. The van der Waals surface area contributed by atoms with Gasteiger partial charge in [0.25, 0.3) is 5.56 Å². The van der Waals surface area contributed by atoms with Gasteiger partial charge in [0.15, 0.2) is 11.2 Å². The van der Waals surface area contributed by atoms with Gasteiger partial charge < -0.3 is 15.4 Å². The van der Waals surface area contributed by atoms with E-state index in [1.807, 2.05) is 0 Å². The Morgan fingerprint density at radius 1 is 1.53 bits per heavy atom. The number of fused-ring (bicyclic) bond motifs is 1. The molecule has 0 aliphatic heterocycles. The van der Waals surface area contributed by atoms with Gasteiger partial charge in [-0.1, -0.05) is 0 Å². The van der Waals surface area contributed by atoms with Crippen molar-refractivity contribution in [2.75, 3.05) is 11.9 Å². The molecule has 2 aromatic rings. The van der Waals surface area contributed by atoms with Gasteiger partial charge in [-0.2, -0.15) is 4.98 Å². The quantitative estimate of drug-likeness (QED) is 0.539. The minimum Gasteiger partial charge on any atom is -0.481 e. The van der Waals surface area contributed by atoms with Crippen LogP contribution in [0.3, 0.4) is 0 Å². The van der Waals surface area contributed by atoms with Crippen LogP contribution in [0.2, 0.25) is 0 Å². The van der Waals surface area contributed by atoms with Crippen LogP contribution in [0.4, 0.5) is 5.95 Å². The van der Waals surface area contributed by atoms with Gasteiger partial charge in [-0.05, 0) is 6.42 Å². The zero-order valence-corrected chi connectivity index (χ0v) is 8.86. The maximum absolute atomic E-state index is 11.5. The highest BCUT2D eigenvalue weighted by Gasteiger charge is 2.05. The molecule has 0 fully saturated rings. The van der Waals surface area contributed by atoms with Crippen LogP contribution >= 0.6 is 0 Å². The number of carboxylic acids is 1. The second-order valence-corrected chi connectivity index (χ2v) is 3.44. The molecule has 2 heterocycles. The summed E-state index contributed by atoms with van der Waals surface area (Å²) in [5, 5.41) is 11.3. The number of carbonyl (C=O) groups is 1. The summed E-state index contributed by atoms with van der Waals surface area (Å²) in [6.07, 6.45) is 1.92. The highest BCUT2D eigenvalue weighted by molar-refractivity contribution is 5.69. The summed E-state index contributed by atoms with van der Waals surface area (Å²) >= 11 is 0. The van der Waals surface area contributed by atoms with Crippen molar-refractivity contribution in [2.24, 2.45) is 0 Å². The van der Waals surface area contributed by atoms with Crippen LogP contribution in [0.1, 0.15) is 12.8 Å². The van der Waals surface area contributed by atoms with E-state index in [0.717, 1.165) is 0 Å². The van der Waals surface area contributed by atoms with E-state index in [1.54, 1.807) is 0 Å². The zero-order chi connectivity index (χ0) is 12.3. The number of aliphatic carboxylic acids is 1.